The third kappa shape index (κ3) is 4.48. The number of hydrogen-bond donors (Lipinski definition) is 0. The molecule has 8 aromatic rings. The monoisotopic (exact) mass is 583 g/mol. The van der Waals surface area contributed by atoms with Crippen LogP contribution in [0.3, 0.4) is 0 Å². The van der Waals surface area contributed by atoms with E-state index in [0.717, 1.165) is 54.9 Å². The van der Waals surface area contributed by atoms with Gasteiger partial charge in [0.05, 0.1) is 22.4 Å². The lowest BCUT2D eigenvalue weighted by atomic mass is 10.0. The third-order valence-corrected chi connectivity index (χ3v) is 11.1. The Bertz CT molecular complexity index is 2310. The summed E-state index contributed by atoms with van der Waals surface area (Å²) in [4.78, 5) is 15.0. The van der Waals surface area contributed by atoms with Gasteiger partial charge in [0.1, 0.15) is 5.44 Å². The lowest BCUT2D eigenvalue weighted by Gasteiger charge is -2.19. The van der Waals surface area contributed by atoms with Gasteiger partial charge in [-0.05, 0) is 41.1 Å². The molecule has 0 fully saturated rings. The molecule has 3 heterocycles. The summed E-state index contributed by atoms with van der Waals surface area (Å²) >= 11 is 0. The Morgan fingerprint density at radius 2 is 0.932 bits per heavy atom. The van der Waals surface area contributed by atoms with Gasteiger partial charge in [-0.3, -0.25) is 4.98 Å². The van der Waals surface area contributed by atoms with E-state index in [2.05, 4.69) is 72.8 Å². The molecular weight excluding hydrogens is 557 g/mol. The quantitative estimate of drug-likeness (QED) is 0.151. The Balaban J connectivity index is 1.21. The first-order valence-electron chi connectivity index (χ1n) is 14.5. The Kier molecular flexibility index (Phi) is 6.36. The highest BCUT2D eigenvalue weighted by Gasteiger charge is 2.31. The number of pyridine rings is 3. The Morgan fingerprint density at radius 3 is 1.52 bits per heavy atom. The van der Waals surface area contributed by atoms with Crippen LogP contribution >= 0.6 is 7.14 Å². The molecule has 8 rings (SSSR count). The van der Waals surface area contributed by atoms with Crippen molar-refractivity contribution in [2.75, 3.05) is 0 Å². The summed E-state index contributed by atoms with van der Waals surface area (Å²) in [5.74, 6) is 0. The zero-order valence-electron chi connectivity index (χ0n) is 23.7. The first kappa shape index (κ1) is 26.2. The molecule has 0 bridgehead atoms. The predicted octanol–water partition coefficient (Wildman–Crippen LogP) is 8.30. The Hall–Kier alpha value is -5.44. The SMILES string of the molecule is O=P(c1ccccc1)(c1ccccc1)c1ccc(-c2ccc3ccc4ccc(-c5ccc6ccccc6c5)nc4c3n2)cn1. The Morgan fingerprint density at radius 1 is 0.432 bits per heavy atom. The molecule has 5 heteroatoms. The van der Waals surface area contributed by atoms with E-state index in [-0.39, 0.29) is 0 Å². The molecule has 0 amide bonds. The van der Waals surface area contributed by atoms with Crippen LogP contribution in [-0.2, 0) is 4.57 Å². The number of rotatable bonds is 5. The molecule has 0 aliphatic carbocycles. The van der Waals surface area contributed by atoms with E-state index in [1.807, 2.05) is 78.9 Å². The fourth-order valence-corrected chi connectivity index (χ4v) is 8.37. The van der Waals surface area contributed by atoms with Crippen molar-refractivity contribution in [1.29, 1.82) is 0 Å². The zero-order valence-corrected chi connectivity index (χ0v) is 24.6. The van der Waals surface area contributed by atoms with Crippen molar-refractivity contribution in [3.05, 3.63) is 158 Å². The second-order valence-electron chi connectivity index (χ2n) is 10.8. The van der Waals surface area contributed by atoms with Crippen LogP contribution in [0.25, 0.3) is 55.1 Å². The van der Waals surface area contributed by atoms with Gasteiger partial charge in [-0.25, -0.2) is 9.97 Å². The summed E-state index contributed by atoms with van der Waals surface area (Å²) in [6, 6.07) is 50.3. The van der Waals surface area contributed by atoms with Crippen LogP contribution in [0.5, 0.6) is 0 Å². The fraction of sp³-hybridized carbons (Fsp3) is 0. The molecule has 5 aromatic carbocycles. The number of benzene rings is 5. The number of fused-ring (bicyclic) bond motifs is 4. The molecule has 4 nitrogen and oxygen atoms in total. The molecule has 208 valence electrons. The molecule has 0 N–H and O–H groups in total. The van der Waals surface area contributed by atoms with Gasteiger partial charge in [0.2, 0.25) is 0 Å². The summed E-state index contributed by atoms with van der Waals surface area (Å²) in [6.45, 7) is 0. The first-order chi connectivity index (χ1) is 21.7. The minimum Gasteiger partial charge on any atom is -0.307 e. The zero-order chi connectivity index (χ0) is 29.5. The molecule has 0 atom stereocenters. The minimum atomic E-state index is -3.15. The van der Waals surface area contributed by atoms with Crippen LogP contribution in [0.2, 0.25) is 0 Å². The van der Waals surface area contributed by atoms with Crippen LogP contribution in [-0.4, -0.2) is 15.0 Å². The van der Waals surface area contributed by atoms with Gasteiger partial charge in [0, 0.05) is 38.7 Å². The van der Waals surface area contributed by atoms with E-state index >= 15 is 0 Å². The van der Waals surface area contributed by atoms with Gasteiger partial charge >= 0.3 is 0 Å². The lowest BCUT2D eigenvalue weighted by molar-refractivity contribution is 0.592. The second kappa shape index (κ2) is 10.7. The molecule has 3 aromatic heterocycles. The number of hydrogen-bond acceptors (Lipinski definition) is 4. The summed E-state index contributed by atoms with van der Waals surface area (Å²) in [6.07, 6.45) is 1.78. The van der Waals surface area contributed by atoms with Crippen molar-refractivity contribution in [2.24, 2.45) is 0 Å². The standard InChI is InChI=1S/C39H26N3OP/c43-44(33-11-3-1-4-12-33,34-13-5-2-6-14-34)37-24-21-32(26-40-37)36-23-20-29-17-16-28-19-22-35(41-38(28)39(29)42-36)31-18-15-27-9-7-8-10-30(27)25-31/h1-26H. The summed E-state index contributed by atoms with van der Waals surface area (Å²) < 4.78 is 14.7. The maximum Gasteiger partial charge on any atom is 0.188 e. The van der Waals surface area contributed by atoms with Crippen molar-refractivity contribution in [3.8, 4) is 22.5 Å². The van der Waals surface area contributed by atoms with Gasteiger partial charge in [-0.1, -0.05) is 121 Å². The van der Waals surface area contributed by atoms with Crippen LogP contribution in [0, 0.1) is 0 Å². The summed E-state index contributed by atoms with van der Waals surface area (Å²) in [5.41, 5.74) is 5.86. The first-order valence-corrected chi connectivity index (χ1v) is 16.3. The van der Waals surface area contributed by atoms with Crippen molar-refractivity contribution >= 4 is 55.8 Å². The van der Waals surface area contributed by atoms with Crippen molar-refractivity contribution in [1.82, 2.24) is 15.0 Å². The van der Waals surface area contributed by atoms with Crippen LogP contribution in [0.1, 0.15) is 0 Å². The van der Waals surface area contributed by atoms with Gasteiger partial charge in [-0.2, -0.15) is 0 Å². The molecule has 0 saturated carbocycles. The molecular formula is C39H26N3OP. The molecule has 0 unspecified atom stereocenters. The predicted molar refractivity (Wildman–Crippen MR) is 183 cm³/mol. The normalized spacial score (nSPS) is 11.7. The fourth-order valence-electron chi connectivity index (χ4n) is 5.85. The van der Waals surface area contributed by atoms with E-state index in [4.69, 9.17) is 15.0 Å². The number of nitrogens with zero attached hydrogens (tertiary/aromatic N) is 3. The van der Waals surface area contributed by atoms with E-state index < -0.39 is 7.14 Å². The third-order valence-electron chi connectivity index (χ3n) is 8.17. The highest BCUT2D eigenvalue weighted by molar-refractivity contribution is 7.85. The average molecular weight is 584 g/mol. The minimum absolute atomic E-state index is 0.548. The molecule has 0 spiro atoms. The molecule has 0 saturated heterocycles. The van der Waals surface area contributed by atoms with E-state index in [0.29, 0.717) is 5.44 Å². The highest BCUT2D eigenvalue weighted by Crippen LogP contribution is 2.41. The molecule has 0 aliphatic rings. The maximum atomic E-state index is 14.7. The van der Waals surface area contributed by atoms with Gasteiger partial charge in [0.15, 0.2) is 7.14 Å². The van der Waals surface area contributed by atoms with Crippen LogP contribution < -0.4 is 16.0 Å². The van der Waals surface area contributed by atoms with Gasteiger partial charge in [-0.15, -0.1) is 0 Å². The summed E-state index contributed by atoms with van der Waals surface area (Å²) in [5, 5.41) is 5.96. The summed E-state index contributed by atoms with van der Waals surface area (Å²) in [7, 11) is -3.15. The Labute approximate surface area is 255 Å². The van der Waals surface area contributed by atoms with E-state index in [9.17, 15) is 4.57 Å². The largest absolute Gasteiger partial charge is 0.307 e. The van der Waals surface area contributed by atoms with Gasteiger partial charge in [0.25, 0.3) is 0 Å². The molecule has 44 heavy (non-hydrogen) atoms. The average Bonchev–Trinajstić information content (AvgIpc) is 3.11. The van der Waals surface area contributed by atoms with Crippen LogP contribution in [0.4, 0.5) is 0 Å². The molecule has 0 radical (unpaired) electrons. The van der Waals surface area contributed by atoms with Crippen molar-refractivity contribution in [3.63, 3.8) is 0 Å². The smallest absolute Gasteiger partial charge is 0.188 e. The highest BCUT2D eigenvalue weighted by atomic mass is 31.2. The van der Waals surface area contributed by atoms with Crippen molar-refractivity contribution in [2.45, 2.75) is 0 Å². The number of aromatic nitrogens is 3. The van der Waals surface area contributed by atoms with E-state index in [1.54, 1.807) is 6.20 Å². The topological polar surface area (TPSA) is 55.7 Å². The lowest BCUT2D eigenvalue weighted by Crippen LogP contribution is -2.26. The van der Waals surface area contributed by atoms with Crippen LogP contribution in [0.15, 0.2) is 158 Å². The molecule has 0 aliphatic heterocycles. The second-order valence-corrected chi connectivity index (χ2v) is 13.6. The van der Waals surface area contributed by atoms with E-state index in [1.165, 1.54) is 10.8 Å². The maximum absolute atomic E-state index is 14.7. The van der Waals surface area contributed by atoms with Gasteiger partial charge < -0.3 is 4.57 Å². The van der Waals surface area contributed by atoms with Crippen molar-refractivity contribution < 1.29 is 4.57 Å².